The Labute approximate surface area is 120 Å². The summed E-state index contributed by atoms with van der Waals surface area (Å²) in [7, 11) is 0. The third-order valence-corrected chi connectivity index (χ3v) is 3.54. The lowest BCUT2D eigenvalue weighted by Gasteiger charge is -2.08. The van der Waals surface area contributed by atoms with Gasteiger partial charge >= 0.3 is 6.18 Å². The van der Waals surface area contributed by atoms with E-state index in [1.807, 2.05) is 37.3 Å². The molecule has 21 heavy (non-hydrogen) atoms. The van der Waals surface area contributed by atoms with Crippen molar-refractivity contribution in [2.24, 2.45) is 0 Å². The van der Waals surface area contributed by atoms with Gasteiger partial charge in [-0.2, -0.15) is 13.2 Å². The molecule has 0 atom stereocenters. The first kappa shape index (κ1) is 13.7. The molecule has 0 aliphatic rings. The Morgan fingerprint density at radius 1 is 0.667 bits per heavy atom. The summed E-state index contributed by atoms with van der Waals surface area (Å²) in [6.07, 6.45) is -4.29. The highest BCUT2D eigenvalue weighted by Gasteiger charge is 2.29. The topological polar surface area (TPSA) is 0 Å². The Hall–Kier alpha value is -2.29. The van der Waals surface area contributed by atoms with E-state index in [4.69, 9.17) is 0 Å². The normalized spacial score (nSPS) is 11.8. The Morgan fingerprint density at radius 3 is 1.90 bits per heavy atom. The van der Waals surface area contributed by atoms with Gasteiger partial charge in [0.1, 0.15) is 0 Å². The first-order valence-corrected chi connectivity index (χ1v) is 6.61. The van der Waals surface area contributed by atoms with E-state index >= 15 is 0 Å². The van der Waals surface area contributed by atoms with E-state index in [1.54, 1.807) is 0 Å². The number of benzene rings is 3. The van der Waals surface area contributed by atoms with E-state index < -0.39 is 11.7 Å². The molecule has 0 saturated carbocycles. The average molecular weight is 286 g/mol. The molecule has 3 heteroatoms. The van der Waals surface area contributed by atoms with Gasteiger partial charge in [0.15, 0.2) is 0 Å². The van der Waals surface area contributed by atoms with Crippen molar-refractivity contribution >= 4 is 10.8 Å². The van der Waals surface area contributed by atoms with Gasteiger partial charge in [0, 0.05) is 0 Å². The van der Waals surface area contributed by atoms with Crippen LogP contribution in [0.25, 0.3) is 21.9 Å². The maximum atomic E-state index is 12.6. The average Bonchev–Trinajstić information content (AvgIpc) is 2.46. The second-order valence-corrected chi connectivity index (χ2v) is 5.14. The highest BCUT2D eigenvalue weighted by Crippen LogP contribution is 2.31. The Balaban J connectivity index is 2.02. The summed E-state index contributed by atoms with van der Waals surface area (Å²) in [5.41, 5.74) is 2.26. The van der Waals surface area contributed by atoms with Crippen molar-refractivity contribution in [3.05, 3.63) is 71.8 Å². The van der Waals surface area contributed by atoms with Crippen LogP contribution >= 0.6 is 0 Å². The number of halogens is 3. The van der Waals surface area contributed by atoms with E-state index in [2.05, 4.69) is 6.07 Å². The summed E-state index contributed by atoms with van der Waals surface area (Å²) in [4.78, 5) is 0. The highest BCUT2D eigenvalue weighted by atomic mass is 19.4. The molecule has 0 radical (unpaired) electrons. The molecule has 0 bridgehead atoms. The van der Waals surface area contributed by atoms with Crippen molar-refractivity contribution < 1.29 is 13.2 Å². The summed E-state index contributed by atoms with van der Waals surface area (Å²) in [6.45, 7) is 2.03. The zero-order chi connectivity index (χ0) is 15.0. The van der Waals surface area contributed by atoms with Crippen molar-refractivity contribution in [2.45, 2.75) is 13.1 Å². The molecule has 0 nitrogen and oxygen atoms in total. The quantitative estimate of drug-likeness (QED) is 0.527. The third-order valence-electron chi connectivity index (χ3n) is 3.54. The minimum atomic E-state index is -4.29. The molecule has 0 spiro atoms. The second kappa shape index (κ2) is 4.92. The molecule has 0 saturated heterocycles. The zero-order valence-corrected chi connectivity index (χ0v) is 11.4. The fourth-order valence-corrected chi connectivity index (χ4v) is 2.40. The first-order chi connectivity index (χ1) is 9.93. The maximum Gasteiger partial charge on any atom is 0.416 e. The number of aryl methyl sites for hydroxylation is 1. The van der Waals surface area contributed by atoms with Gasteiger partial charge in [-0.3, -0.25) is 0 Å². The molecular formula is C18H13F3. The highest BCUT2D eigenvalue weighted by molar-refractivity contribution is 5.87. The van der Waals surface area contributed by atoms with Gasteiger partial charge in [-0.05, 0) is 47.0 Å². The summed E-state index contributed by atoms with van der Waals surface area (Å²) < 4.78 is 37.7. The molecule has 0 unspecified atom stereocenters. The second-order valence-electron chi connectivity index (χ2n) is 5.14. The molecule has 106 valence electrons. The van der Waals surface area contributed by atoms with Crippen LogP contribution in [0.2, 0.25) is 0 Å². The first-order valence-electron chi connectivity index (χ1n) is 6.61. The molecule has 0 aromatic heterocycles. The number of alkyl halides is 3. The molecule has 3 aromatic rings. The van der Waals surface area contributed by atoms with Gasteiger partial charge in [-0.15, -0.1) is 0 Å². The predicted molar refractivity (Wildman–Crippen MR) is 79.1 cm³/mol. The standard InChI is InChI=1S/C18H13F3/c1-12-2-3-16-11-15(5-4-14(16)10-12)13-6-8-17(9-7-13)18(19,20)21/h2-11H,1H3. The van der Waals surface area contributed by atoms with E-state index in [0.717, 1.165) is 34.0 Å². The minimum Gasteiger partial charge on any atom is -0.166 e. The molecular weight excluding hydrogens is 273 g/mol. The van der Waals surface area contributed by atoms with Crippen LogP contribution in [0.5, 0.6) is 0 Å². The van der Waals surface area contributed by atoms with Crippen molar-refractivity contribution in [2.75, 3.05) is 0 Å². The van der Waals surface area contributed by atoms with Gasteiger partial charge in [0.2, 0.25) is 0 Å². The lowest BCUT2D eigenvalue weighted by molar-refractivity contribution is -0.137. The van der Waals surface area contributed by atoms with Gasteiger partial charge < -0.3 is 0 Å². The SMILES string of the molecule is Cc1ccc2cc(-c3ccc(C(F)(F)F)cc3)ccc2c1. The summed E-state index contributed by atoms with van der Waals surface area (Å²) in [6, 6.07) is 17.3. The van der Waals surface area contributed by atoms with Crippen molar-refractivity contribution in [1.82, 2.24) is 0 Å². The fourth-order valence-electron chi connectivity index (χ4n) is 2.40. The molecule has 0 aliphatic carbocycles. The molecule has 0 N–H and O–H groups in total. The fraction of sp³-hybridized carbons (Fsp3) is 0.111. The van der Waals surface area contributed by atoms with Crippen molar-refractivity contribution in [1.29, 1.82) is 0 Å². The van der Waals surface area contributed by atoms with Crippen LogP contribution < -0.4 is 0 Å². The number of hydrogen-bond donors (Lipinski definition) is 0. The van der Waals surface area contributed by atoms with Crippen molar-refractivity contribution in [3.63, 3.8) is 0 Å². The van der Waals surface area contributed by atoms with Gasteiger partial charge in [-0.1, -0.05) is 48.0 Å². The molecule has 0 heterocycles. The van der Waals surface area contributed by atoms with Crippen LogP contribution in [0, 0.1) is 6.92 Å². The smallest absolute Gasteiger partial charge is 0.166 e. The van der Waals surface area contributed by atoms with E-state index in [9.17, 15) is 13.2 Å². The van der Waals surface area contributed by atoms with Crippen LogP contribution in [0.1, 0.15) is 11.1 Å². The maximum absolute atomic E-state index is 12.6. The van der Waals surface area contributed by atoms with Crippen LogP contribution in [-0.4, -0.2) is 0 Å². The molecule has 0 fully saturated rings. The Bertz CT molecular complexity index is 784. The monoisotopic (exact) mass is 286 g/mol. The third kappa shape index (κ3) is 2.77. The zero-order valence-electron chi connectivity index (χ0n) is 11.4. The predicted octanol–water partition coefficient (Wildman–Crippen LogP) is 5.83. The van der Waals surface area contributed by atoms with Crippen LogP contribution in [0.3, 0.4) is 0 Å². The lowest BCUT2D eigenvalue weighted by atomic mass is 9.99. The largest absolute Gasteiger partial charge is 0.416 e. The van der Waals surface area contributed by atoms with Gasteiger partial charge in [0.05, 0.1) is 5.56 Å². The molecule has 3 rings (SSSR count). The summed E-state index contributed by atoms with van der Waals surface area (Å²) >= 11 is 0. The number of fused-ring (bicyclic) bond motifs is 1. The van der Waals surface area contributed by atoms with Crippen LogP contribution in [0.4, 0.5) is 13.2 Å². The van der Waals surface area contributed by atoms with E-state index in [0.29, 0.717) is 0 Å². The van der Waals surface area contributed by atoms with E-state index in [-0.39, 0.29) is 0 Å². The molecule has 3 aromatic carbocycles. The Morgan fingerprint density at radius 2 is 1.24 bits per heavy atom. The number of hydrogen-bond acceptors (Lipinski definition) is 0. The summed E-state index contributed by atoms with van der Waals surface area (Å²) in [5, 5.41) is 2.21. The molecule has 0 amide bonds. The van der Waals surface area contributed by atoms with Crippen molar-refractivity contribution in [3.8, 4) is 11.1 Å². The van der Waals surface area contributed by atoms with E-state index in [1.165, 1.54) is 17.7 Å². The Kier molecular flexibility index (Phi) is 3.20. The van der Waals surface area contributed by atoms with Crippen LogP contribution in [-0.2, 0) is 6.18 Å². The van der Waals surface area contributed by atoms with Gasteiger partial charge in [0.25, 0.3) is 0 Å². The summed E-state index contributed by atoms with van der Waals surface area (Å²) in [5.74, 6) is 0. The lowest BCUT2D eigenvalue weighted by Crippen LogP contribution is -2.03. The van der Waals surface area contributed by atoms with Crippen LogP contribution in [0.15, 0.2) is 60.7 Å². The minimum absolute atomic E-state index is 0.623. The van der Waals surface area contributed by atoms with Gasteiger partial charge in [-0.25, -0.2) is 0 Å². The number of rotatable bonds is 1. The molecule has 0 aliphatic heterocycles.